The van der Waals surface area contributed by atoms with Crippen molar-refractivity contribution in [2.45, 2.75) is 39.2 Å². The topological polar surface area (TPSA) is 78.9 Å². The van der Waals surface area contributed by atoms with E-state index in [9.17, 15) is 14.4 Å². The molecule has 1 rings (SSSR count). The summed E-state index contributed by atoms with van der Waals surface area (Å²) >= 11 is 0. The second kappa shape index (κ2) is 7.94. The summed E-state index contributed by atoms with van der Waals surface area (Å²) in [6.45, 7) is 5.35. The summed E-state index contributed by atoms with van der Waals surface area (Å²) < 4.78 is 14.7. The van der Waals surface area contributed by atoms with Crippen molar-refractivity contribution in [3.63, 3.8) is 0 Å². The smallest absolute Gasteiger partial charge is 0.331 e. The minimum Gasteiger partial charge on any atom is -0.469 e. The lowest BCUT2D eigenvalue weighted by molar-refractivity contribution is -0.157. The van der Waals surface area contributed by atoms with Gasteiger partial charge in [-0.15, -0.1) is 0 Å². The number of carbonyl (C=O) groups is 3. The fourth-order valence-electron chi connectivity index (χ4n) is 2.38. The van der Waals surface area contributed by atoms with Crippen molar-refractivity contribution in [3.05, 3.63) is 23.8 Å². The maximum Gasteiger partial charge on any atom is 0.331 e. The average Bonchev–Trinajstić information content (AvgIpc) is 2.49. The molecule has 0 aliphatic heterocycles. The van der Waals surface area contributed by atoms with Gasteiger partial charge in [0.05, 0.1) is 26.1 Å². The highest BCUT2D eigenvalue weighted by atomic mass is 16.6. The summed E-state index contributed by atoms with van der Waals surface area (Å²) in [5, 5.41) is 0. The molecule has 0 aromatic rings. The van der Waals surface area contributed by atoms with Crippen molar-refractivity contribution in [1.82, 2.24) is 0 Å². The van der Waals surface area contributed by atoms with Gasteiger partial charge in [0.15, 0.2) is 0 Å². The van der Waals surface area contributed by atoms with Crippen LogP contribution >= 0.6 is 0 Å². The maximum atomic E-state index is 11.9. The van der Waals surface area contributed by atoms with Gasteiger partial charge in [0.2, 0.25) is 0 Å². The van der Waals surface area contributed by atoms with Crippen LogP contribution in [-0.2, 0) is 28.6 Å². The molecule has 0 spiro atoms. The molecule has 0 aromatic carbocycles. The van der Waals surface area contributed by atoms with Crippen LogP contribution in [0.3, 0.4) is 0 Å². The van der Waals surface area contributed by atoms with Crippen molar-refractivity contribution < 1.29 is 28.6 Å². The normalized spacial score (nSPS) is 21.5. The Morgan fingerprint density at radius 3 is 2.17 bits per heavy atom. The van der Waals surface area contributed by atoms with E-state index in [0.717, 1.165) is 5.57 Å². The molecule has 1 aliphatic rings. The Bertz CT molecular complexity index is 524. The van der Waals surface area contributed by atoms with Crippen LogP contribution in [0, 0.1) is 11.8 Å². The van der Waals surface area contributed by atoms with Crippen molar-refractivity contribution in [2.75, 3.05) is 14.2 Å². The van der Waals surface area contributed by atoms with Crippen molar-refractivity contribution in [1.29, 1.82) is 0 Å². The number of hydrogen-bond donors (Lipinski definition) is 0. The van der Waals surface area contributed by atoms with Gasteiger partial charge in [-0.25, -0.2) is 4.79 Å². The zero-order chi connectivity index (χ0) is 17.6. The summed E-state index contributed by atoms with van der Waals surface area (Å²) in [5.41, 5.74) is 0.221. The molecule has 128 valence electrons. The fourth-order valence-corrected chi connectivity index (χ4v) is 2.38. The Morgan fingerprint density at radius 2 is 1.65 bits per heavy atom. The van der Waals surface area contributed by atoms with Crippen LogP contribution in [0.4, 0.5) is 0 Å². The summed E-state index contributed by atoms with van der Waals surface area (Å²) in [6.07, 6.45) is 5.43. The molecule has 0 saturated carbocycles. The van der Waals surface area contributed by atoms with Gasteiger partial charge >= 0.3 is 17.9 Å². The number of carbonyl (C=O) groups excluding carboxylic acids is 3. The molecule has 0 saturated heterocycles. The van der Waals surface area contributed by atoms with Gasteiger partial charge in [-0.2, -0.15) is 0 Å². The monoisotopic (exact) mass is 324 g/mol. The van der Waals surface area contributed by atoms with Gasteiger partial charge in [-0.05, 0) is 33.6 Å². The van der Waals surface area contributed by atoms with E-state index in [0.29, 0.717) is 12.8 Å². The minimum absolute atomic E-state index is 0.311. The number of rotatable bonds is 4. The zero-order valence-corrected chi connectivity index (χ0v) is 14.3. The number of ether oxygens (including phenoxy) is 3. The predicted molar refractivity (Wildman–Crippen MR) is 83.3 cm³/mol. The molecule has 1 aliphatic carbocycles. The largest absolute Gasteiger partial charge is 0.469 e. The second-order valence-corrected chi connectivity index (χ2v) is 6.34. The third kappa shape index (κ3) is 5.88. The Morgan fingerprint density at radius 1 is 1.09 bits per heavy atom. The molecular formula is C17H24O6. The van der Waals surface area contributed by atoms with E-state index in [4.69, 9.17) is 14.2 Å². The van der Waals surface area contributed by atoms with Crippen LogP contribution in [0.2, 0.25) is 0 Å². The average molecular weight is 324 g/mol. The molecule has 0 unspecified atom stereocenters. The highest BCUT2D eigenvalue weighted by Crippen LogP contribution is 2.32. The molecular weight excluding hydrogens is 300 g/mol. The molecule has 0 N–H and O–H groups in total. The molecule has 0 heterocycles. The van der Waals surface area contributed by atoms with E-state index in [2.05, 4.69) is 0 Å². The first-order chi connectivity index (χ1) is 10.7. The van der Waals surface area contributed by atoms with E-state index in [1.807, 2.05) is 6.08 Å². The first-order valence-corrected chi connectivity index (χ1v) is 7.43. The summed E-state index contributed by atoms with van der Waals surface area (Å²) in [5.74, 6) is -2.53. The molecule has 2 atom stereocenters. The van der Waals surface area contributed by atoms with Crippen LogP contribution in [0.5, 0.6) is 0 Å². The van der Waals surface area contributed by atoms with Crippen LogP contribution in [-0.4, -0.2) is 37.7 Å². The molecule has 0 bridgehead atoms. The Labute approximate surface area is 136 Å². The van der Waals surface area contributed by atoms with Crippen molar-refractivity contribution in [2.24, 2.45) is 11.8 Å². The van der Waals surface area contributed by atoms with Crippen molar-refractivity contribution >= 4 is 17.9 Å². The van der Waals surface area contributed by atoms with Gasteiger partial charge in [0, 0.05) is 6.08 Å². The highest BCUT2D eigenvalue weighted by Gasteiger charge is 2.37. The van der Waals surface area contributed by atoms with Crippen LogP contribution in [0.25, 0.3) is 0 Å². The Balaban J connectivity index is 2.82. The summed E-state index contributed by atoms with van der Waals surface area (Å²) in [4.78, 5) is 35.4. The van der Waals surface area contributed by atoms with E-state index in [1.54, 1.807) is 26.8 Å². The minimum atomic E-state index is -0.615. The lowest BCUT2D eigenvalue weighted by Crippen LogP contribution is -2.33. The summed E-state index contributed by atoms with van der Waals surface area (Å²) in [7, 11) is 2.57. The van der Waals surface area contributed by atoms with Crippen LogP contribution < -0.4 is 0 Å². The van der Waals surface area contributed by atoms with E-state index in [-0.39, 0.29) is 0 Å². The second-order valence-electron chi connectivity index (χ2n) is 6.34. The fraction of sp³-hybridized carbons (Fsp3) is 0.588. The molecule has 0 fully saturated rings. The van der Waals surface area contributed by atoms with E-state index < -0.39 is 35.3 Å². The van der Waals surface area contributed by atoms with E-state index in [1.165, 1.54) is 20.3 Å². The maximum absolute atomic E-state index is 11.9. The SMILES string of the molecule is COC(=O)[C@@H]1CC=C(/C=C/C(=O)OC(C)(C)C)C[C@H]1C(=O)OC. The molecule has 0 radical (unpaired) electrons. The summed E-state index contributed by atoms with van der Waals surface area (Å²) in [6, 6.07) is 0. The van der Waals surface area contributed by atoms with Gasteiger partial charge < -0.3 is 14.2 Å². The third-order valence-electron chi connectivity index (χ3n) is 3.42. The number of allylic oxidation sites excluding steroid dienone is 3. The standard InChI is InChI=1S/C17H24O6/c1-17(2,3)23-14(18)9-7-11-6-8-12(15(19)21-4)13(10-11)16(20)22-5/h6-7,9,12-13H,8,10H2,1-5H3/b9-7+/t12-,13-/m1/s1. The molecule has 0 aromatic heterocycles. The van der Waals surface area contributed by atoms with Crippen LogP contribution in [0.1, 0.15) is 33.6 Å². The first kappa shape index (κ1) is 18.9. The van der Waals surface area contributed by atoms with Gasteiger partial charge in [0.25, 0.3) is 0 Å². The highest BCUT2D eigenvalue weighted by molar-refractivity contribution is 5.84. The number of methoxy groups -OCH3 is 2. The van der Waals surface area contributed by atoms with Gasteiger partial charge in [0.1, 0.15) is 5.60 Å². The van der Waals surface area contributed by atoms with E-state index >= 15 is 0 Å². The Hall–Kier alpha value is -2.11. The third-order valence-corrected chi connectivity index (χ3v) is 3.42. The van der Waals surface area contributed by atoms with Crippen LogP contribution in [0.15, 0.2) is 23.8 Å². The lowest BCUT2D eigenvalue weighted by Gasteiger charge is -2.26. The zero-order valence-electron chi connectivity index (χ0n) is 14.3. The lowest BCUT2D eigenvalue weighted by atomic mass is 9.79. The number of esters is 3. The first-order valence-electron chi connectivity index (χ1n) is 7.43. The quantitative estimate of drug-likeness (QED) is 0.448. The molecule has 0 amide bonds. The molecule has 23 heavy (non-hydrogen) atoms. The van der Waals surface area contributed by atoms with Gasteiger partial charge in [-0.3, -0.25) is 9.59 Å². The molecule has 6 heteroatoms. The van der Waals surface area contributed by atoms with Crippen molar-refractivity contribution in [3.8, 4) is 0 Å². The molecule has 6 nitrogen and oxygen atoms in total. The number of hydrogen-bond acceptors (Lipinski definition) is 6. The predicted octanol–water partition coefficient (Wildman–Crippen LogP) is 2.18. The van der Waals surface area contributed by atoms with Gasteiger partial charge in [-0.1, -0.05) is 17.7 Å². The Kier molecular flexibility index (Phi) is 6.54.